The topological polar surface area (TPSA) is 111 Å². The van der Waals surface area contributed by atoms with Crippen LogP contribution in [0.2, 0.25) is 0 Å². The number of nitrogens with zero attached hydrogens (tertiary/aromatic N) is 6. The van der Waals surface area contributed by atoms with Crippen molar-refractivity contribution in [3.8, 4) is 5.69 Å². The van der Waals surface area contributed by atoms with Gasteiger partial charge in [0.05, 0.1) is 16.3 Å². The molecule has 0 aliphatic heterocycles. The van der Waals surface area contributed by atoms with Crippen molar-refractivity contribution in [3.63, 3.8) is 0 Å². The van der Waals surface area contributed by atoms with Gasteiger partial charge in [0.2, 0.25) is 0 Å². The predicted octanol–water partition coefficient (Wildman–Crippen LogP) is 2.52. The summed E-state index contributed by atoms with van der Waals surface area (Å²) in [5.74, 6) is 0.651. The number of hydrazone groups is 1. The van der Waals surface area contributed by atoms with Crippen LogP contribution in [0.25, 0.3) is 5.69 Å². The van der Waals surface area contributed by atoms with Gasteiger partial charge in [-0.2, -0.15) is 9.78 Å². The number of nitro groups is 1. The second kappa shape index (κ2) is 7.30. The molecular weight excluding hydrogens is 322 g/mol. The summed E-state index contributed by atoms with van der Waals surface area (Å²) in [6.07, 6.45) is 2.07. The lowest BCUT2D eigenvalue weighted by Crippen LogP contribution is -2.04. The Morgan fingerprint density at radius 1 is 1.20 bits per heavy atom. The highest BCUT2D eigenvalue weighted by atomic mass is 16.6. The minimum Gasteiger partial charge on any atom is -0.279 e. The molecule has 3 rings (SSSR count). The maximum Gasteiger partial charge on any atom is 0.269 e. The molecule has 0 aliphatic rings. The Morgan fingerprint density at radius 3 is 2.60 bits per heavy atom. The van der Waals surface area contributed by atoms with Crippen molar-refractivity contribution >= 4 is 17.6 Å². The average Bonchev–Trinajstić information content (AvgIpc) is 3.08. The molecule has 0 atom stereocenters. The Labute approximate surface area is 143 Å². The van der Waals surface area contributed by atoms with Crippen molar-refractivity contribution in [2.45, 2.75) is 13.3 Å². The van der Waals surface area contributed by atoms with E-state index in [1.807, 2.05) is 31.2 Å². The third-order valence-electron chi connectivity index (χ3n) is 3.45. The molecule has 0 unspecified atom stereocenters. The standard InChI is InChI=1S/C16H15N7O2/c1-12-2-6-14(7-3-12)22-16(19-20-21-22)10-11-17-18-13-4-8-15(9-5-13)23(24)25/h2-9,11,18H,10H2,1H3/b17-11+. The molecule has 0 spiro atoms. The number of tetrazole rings is 1. The van der Waals surface area contributed by atoms with E-state index in [-0.39, 0.29) is 5.69 Å². The van der Waals surface area contributed by atoms with E-state index in [1.54, 1.807) is 23.0 Å². The van der Waals surface area contributed by atoms with Crippen LogP contribution in [0.4, 0.5) is 11.4 Å². The number of hydrogen-bond acceptors (Lipinski definition) is 7. The van der Waals surface area contributed by atoms with Gasteiger partial charge in [0.15, 0.2) is 5.82 Å². The van der Waals surface area contributed by atoms with Crippen LogP contribution in [0.3, 0.4) is 0 Å². The van der Waals surface area contributed by atoms with E-state index in [4.69, 9.17) is 0 Å². The van der Waals surface area contributed by atoms with Gasteiger partial charge in [-0.15, -0.1) is 5.10 Å². The van der Waals surface area contributed by atoms with Crippen LogP contribution in [-0.4, -0.2) is 31.3 Å². The van der Waals surface area contributed by atoms with Crippen LogP contribution < -0.4 is 5.43 Å². The Balaban J connectivity index is 1.62. The summed E-state index contributed by atoms with van der Waals surface area (Å²) in [6, 6.07) is 13.9. The molecule has 3 aromatic rings. The van der Waals surface area contributed by atoms with Crippen molar-refractivity contribution in [2.24, 2.45) is 5.10 Å². The quantitative estimate of drug-likeness (QED) is 0.420. The van der Waals surface area contributed by atoms with Gasteiger partial charge in [0, 0.05) is 24.8 Å². The second-order valence-electron chi connectivity index (χ2n) is 5.27. The Hall–Kier alpha value is -3.62. The lowest BCUT2D eigenvalue weighted by molar-refractivity contribution is -0.384. The zero-order valence-electron chi connectivity index (χ0n) is 13.4. The zero-order valence-corrected chi connectivity index (χ0v) is 13.4. The number of nitrogens with one attached hydrogen (secondary N) is 1. The molecule has 9 heteroatoms. The monoisotopic (exact) mass is 337 g/mol. The van der Waals surface area contributed by atoms with Gasteiger partial charge in [-0.1, -0.05) is 17.7 Å². The van der Waals surface area contributed by atoms with E-state index in [9.17, 15) is 10.1 Å². The number of non-ortho nitro benzene ring substituents is 1. The summed E-state index contributed by atoms with van der Waals surface area (Å²) in [5.41, 5.74) is 5.53. The second-order valence-corrected chi connectivity index (χ2v) is 5.27. The zero-order chi connectivity index (χ0) is 17.6. The van der Waals surface area contributed by atoms with Gasteiger partial charge in [-0.05, 0) is 41.6 Å². The molecule has 1 aromatic heterocycles. The van der Waals surface area contributed by atoms with Gasteiger partial charge in [0.1, 0.15) is 0 Å². The highest BCUT2D eigenvalue weighted by Crippen LogP contribution is 2.15. The van der Waals surface area contributed by atoms with Crippen LogP contribution in [-0.2, 0) is 6.42 Å². The first kappa shape index (κ1) is 16.2. The molecule has 0 saturated carbocycles. The van der Waals surface area contributed by atoms with E-state index in [2.05, 4.69) is 26.1 Å². The van der Waals surface area contributed by atoms with E-state index in [0.29, 0.717) is 17.9 Å². The van der Waals surface area contributed by atoms with Gasteiger partial charge in [-0.25, -0.2) is 0 Å². The van der Waals surface area contributed by atoms with Gasteiger partial charge in [0.25, 0.3) is 5.69 Å². The highest BCUT2D eigenvalue weighted by molar-refractivity contribution is 5.62. The van der Waals surface area contributed by atoms with Crippen LogP contribution in [0, 0.1) is 17.0 Å². The Kier molecular flexibility index (Phi) is 4.74. The number of aromatic nitrogens is 4. The number of rotatable bonds is 6. The van der Waals surface area contributed by atoms with E-state index in [1.165, 1.54) is 12.1 Å². The maximum absolute atomic E-state index is 10.6. The molecule has 0 aliphatic carbocycles. The number of aryl methyl sites for hydroxylation is 1. The fourth-order valence-corrected chi connectivity index (χ4v) is 2.12. The predicted molar refractivity (Wildman–Crippen MR) is 92.8 cm³/mol. The fraction of sp³-hybridized carbons (Fsp3) is 0.125. The molecule has 2 aromatic carbocycles. The molecule has 0 saturated heterocycles. The first-order chi connectivity index (χ1) is 12.1. The van der Waals surface area contributed by atoms with E-state index in [0.717, 1.165) is 11.3 Å². The summed E-state index contributed by atoms with van der Waals surface area (Å²) >= 11 is 0. The van der Waals surface area contributed by atoms with Crippen molar-refractivity contribution in [3.05, 3.63) is 70.0 Å². The smallest absolute Gasteiger partial charge is 0.269 e. The average molecular weight is 337 g/mol. The fourth-order valence-electron chi connectivity index (χ4n) is 2.12. The highest BCUT2D eigenvalue weighted by Gasteiger charge is 2.07. The number of benzene rings is 2. The normalized spacial score (nSPS) is 10.9. The van der Waals surface area contributed by atoms with Crippen LogP contribution in [0.5, 0.6) is 0 Å². The third kappa shape index (κ3) is 4.02. The minimum absolute atomic E-state index is 0.0341. The molecule has 0 fully saturated rings. The van der Waals surface area contributed by atoms with Crippen molar-refractivity contribution in [1.82, 2.24) is 20.2 Å². The molecule has 0 bridgehead atoms. The van der Waals surface area contributed by atoms with Gasteiger partial charge in [-0.3, -0.25) is 15.5 Å². The molecule has 126 valence electrons. The molecule has 9 nitrogen and oxygen atoms in total. The van der Waals surface area contributed by atoms with E-state index < -0.39 is 4.92 Å². The summed E-state index contributed by atoms with van der Waals surface area (Å²) < 4.78 is 1.65. The minimum atomic E-state index is -0.446. The summed E-state index contributed by atoms with van der Waals surface area (Å²) in [4.78, 5) is 10.2. The SMILES string of the molecule is Cc1ccc(-n2nnnc2C/C=N/Nc2ccc([N+](=O)[O-])cc2)cc1. The largest absolute Gasteiger partial charge is 0.279 e. The van der Waals surface area contributed by atoms with Crippen molar-refractivity contribution in [2.75, 3.05) is 5.43 Å². The lowest BCUT2D eigenvalue weighted by atomic mass is 10.2. The van der Waals surface area contributed by atoms with Crippen molar-refractivity contribution < 1.29 is 4.92 Å². The van der Waals surface area contributed by atoms with Gasteiger partial charge >= 0.3 is 0 Å². The molecule has 0 radical (unpaired) electrons. The Bertz CT molecular complexity index is 886. The lowest BCUT2D eigenvalue weighted by Gasteiger charge is -2.03. The number of anilines is 1. The Morgan fingerprint density at radius 2 is 1.92 bits per heavy atom. The maximum atomic E-state index is 10.6. The van der Waals surface area contributed by atoms with Crippen LogP contribution in [0.15, 0.2) is 53.6 Å². The summed E-state index contributed by atoms with van der Waals surface area (Å²) in [6.45, 7) is 2.01. The van der Waals surface area contributed by atoms with Gasteiger partial charge < -0.3 is 0 Å². The molecule has 1 heterocycles. The molecular formula is C16H15N7O2. The summed E-state index contributed by atoms with van der Waals surface area (Å²) in [7, 11) is 0. The molecule has 25 heavy (non-hydrogen) atoms. The van der Waals surface area contributed by atoms with E-state index >= 15 is 0 Å². The first-order valence-electron chi connectivity index (χ1n) is 7.50. The van der Waals surface area contributed by atoms with Crippen molar-refractivity contribution in [1.29, 1.82) is 0 Å². The number of hydrogen-bond donors (Lipinski definition) is 1. The van der Waals surface area contributed by atoms with Crippen LogP contribution in [0.1, 0.15) is 11.4 Å². The first-order valence-corrected chi connectivity index (χ1v) is 7.50. The molecule has 0 amide bonds. The summed E-state index contributed by atoms with van der Waals surface area (Å²) in [5, 5.41) is 26.4. The molecule has 1 N–H and O–H groups in total. The third-order valence-corrected chi connectivity index (χ3v) is 3.45. The van der Waals surface area contributed by atoms with Crippen LogP contribution >= 0.6 is 0 Å². The number of nitro benzene ring substituents is 1.